The van der Waals surface area contributed by atoms with E-state index in [2.05, 4.69) is 31.0 Å². The highest BCUT2D eigenvalue weighted by Crippen LogP contribution is 2.63. The molecule has 6 aliphatic heterocycles. The van der Waals surface area contributed by atoms with Crippen LogP contribution < -0.4 is 10.6 Å². The molecule has 2 N–H and O–H groups in total. The minimum atomic E-state index is -4.87. The SMILES string of the molecule is O=C1N2C[C@H](N1OS(=O)(=O)ON1C(=O)N3C[C@H]1C1(CC1)C[C@H]3c1nnc(CC3CNC3)o1)C1(CC1)C[C@H]2c1nnc(CC2CNC2)o1. The van der Waals surface area contributed by atoms with Crippen LogP contribution in [0.5, 0.6) is 0 Å². The Morgan fingerprint density at radius 2 is 1.13 bits per heavy atom. The fraction of sp³-hybridized carbons (Fsp3) is 0.786. The van der Waals surface area contributed by atoms with Crippen LogP contribution >= 0.6 is 0 Å². The number of carbonyl (C=O) groups excluding carboxylic acids is 2. The lowest BCUT2D eigenvalue weighted by Gasteiger charge is -2.35. The first-order valence-electron chi connectivity index (χ1n) is 16.6. The molecule has 2 aliphatic carbocycles. The third kappa shape index (κ3) is 4.53. The third-order valence-corrected chi connectivity index (χ3v) is 12.5. The van der Waals surface area contributed by atoms with Gasteiger partial charge in [-0.2, -0.15) is 18.5 Å². The van der Waals surface area contributed by atoms with E-state index in [0.717, 1.165) is 62.0 Å². The quantitative estimate of drug-likeness (QED) is 0.352. The molecule has 10 rings (SSSR count). The second-order valence-corrected chi connectivity index (χ2v) is 15.9. The molecule has 2 aromatic heterocycles. The van der Waals surface area contributed by atoms with Crippen LogP contribution in [0.1, 0.15) is 74.2 Å². The summed E-state index contributed by atoms with van der Waals surface area (Å²) >= 11 is 0. The van der Waals surface area contributed by atoms with Crippen molar-refractivity contribution in [2.45, 2.75) is 75.5 Å². The Hall–Kier alpha value is -3.39. The molecule has 2 spiro atoms. The van der Waals surface area contributed by atoms with Gasteiger partial charge >= 0.3 is 22.5 Å². The van der Waals surface area contributed by atoms with Crippen LogP contribution in [0.2, 0.25) is 0 Å². The van der Waals surface area contributed by atoms with Crippen molar-refractivity contribution < 1.29 is 35.4 Å². The highest BCUT2D eigenvalue weighted by molar-refractivity contribution is 7.81. The number of urea groups is 2. The summed E-state index contributed by atoms with van der Waals surface area (Å²) in [5.74, 6) is 2.67. The molecule has 2 saturated carbocycles. The van der Waals surface area contributed by atoms with Gasteiger partial charge in [-0.05, 0) is 87.4 Å². The lowest BCUT2D eigenvalue weighted by Crippen LogP contribution is -2.45. The molecular formula is C28H36N10O8S. The van der Waals surface area contributed by atoms with Crippen molar-refractivity contribution in [1.29, 1.82) is 0 Å². The van der Waals surface area contributed by atoms with Crippen molar-refractivity contribution in [3.05, 3.63) is 23.6 Å². The van der Waals surface area contributed by atoms with Gasteiger partial charge in [0, 0.05) is 25.9 Å². The van der Waals surface area contributed by atoms with Crippen molar-refractivity contribution in [3.8, 4) is 0 Å². The predicted octanol–water partition coefficient (Wildman–Crippen LogP) is 0.447. The van der Waals surface area contributed by atoms with Gasteiger partial charge in [0.25, 0.3) is 0 Å². The van der Waals surface area contributed by atoms with Crippen molar-refractivity contribution >= 4 is 22.5 Å². The zero-order chi connectivity index (χ0) is 31.7. The monoisotopic (exact) mass is 672 g/mol. The predicted molar refractivity (Wildman–Crippen MR) is 153 cm³/mol. The Kier molecular flexibility index (Phi) is 5.99. The van der Waals surface area contributed by atoms with E-state index in [9.17, 15) is 18.0 Å². The van der Waals surface area contributed by atoms with Crippen LogP contribution in [-0.4, -0.2) is 112 Å². The number of nitrogens with one attached hydrogen (secondary N) is 2. The Labute approximate surface area is 269 Å². The average Bonchev–Trinajstić information content (AvgIpc) is 3.72. The summed E-state index contributed by atoms with van der Waals surface area (Å²) in [6, 6.07) is -3.17. The second-order valence-electron chi connectivity index (χ2n) is 14.8. The third-order valence-electron chi connectivity index (χ3n) is 11.9. The average molecular weight is 673 g/mol. The standard InChI is InChI=1S/C28H36N10O8S/c39-25-35-13-19(27(1-2-27)7-17(35)23-33-31-21(43-23)5-15-9-29-10-15)37(25)45-47(41,42)46-38-20-14-36(26(38)40)18(8-28(20)3-4-28)24-34-32-22(44-24)6-16-11-30-12-16/h15-20,29-30H,1-14H2/t17-,18-,19-,20-/m0/s1. The van der Waals surface area contributed by atoms with Crippen LogP contribution in [0, 0.1) is 22.7 Å². The van der Waals surface area contributed by atoms with Crippen LogP contribution in [-0.2, 0) is 31.8 Å². The lowest BCUT2D eigenvalue weighted by atomic mass is 9.85. The number of rotatable bonds is 10. The van der Waals surface area contributed by atoms with E-state index in [1.807, 2.05) is 0 Å². The topological polar surface area (TPSA) is 202 Å². The zero-order valence-corrected chi connectivity index (χ0v) is 26.4. The molecule has 0 radical (unpaired) electrons. The Morgan fingerprint density at radius 3 is 1.49 bits per heavy atom. The van der Waals surface area contributed by atoms with Crippen LogP contribution in [0.25, 0.3) is 0 Å². The van der Waals surface area contributed by atoms with Gasteiger partial charge in [0.05, 0.1) is 12.1 Å². The molecule has 0 unspecified atom stereocenters. The molecule has 0 aromatic carbocycles. The first-order valence-corrected chi connectivity index (χ1v) is 17.9. The van der Waals surface area contributed by atoms with Gasteiger partial charge in [0.2, 0.25) is 23.6 Å². The van der Waals surface area contributed by atoms with Gasteiger partial charge < -0.3 is 29.3 Å². The van der Waals surface area contributed by atoms with Gasteiger partial charge in [-0.1, -0.05) is 0 Å². The molecule has 4 atom stereocenters. The summed E-state index contributed by atoms with van der Waals surface area (Å²) in [5, 5.41) is 25.3. The number of amides is 4. The maximum absolute atomic E-state index is 13.7. The molecule has 47 heavy (non-hydrogen) atoms. The number of carbonyl (C=O) groups is 2. The van der Waals surface area contributed by atoms with Gasteiger partial charge in [-0.3, -0.25) is 0 Å². The van der Waals surface area contributed by atoms with Gasteiger partial charge in [-0.25, -0.2) is 9.59 Å². The van der Waals surface area contributed by atoms with Crippen LogP contribution in [0.4, 0.5) is 9.59 Å². The molecule has 252 valence electrons. The first-order chi connectivity index (χ1) is 22.7. The van der Waals surface area contributed by atoms with Crippen molar-refractivity contribution in [1.82, 2.24) is 51.0 Å². The Balaban J connectivity index is 0.850. The normalized spacial score (nSPS) is 32.1. The fourth-order valence-electron chi connectivity index (χ4n) is 8.53. The van der Waals surface area contributed by atoms with E-state index in [1.54, 1.807) is 0 Å². The van der Waals surface area contributed by atoms with E-state index in [4.69, 9.17) is 17.4 Å². The number of nitrogens with zero attached hydrogens (tertiary/aromatic N) is 8. The fourth-order valence-corrected chi connectivity index (χ4v) is 9.28. The van der Waals surface area contributed by atoms with E-state index in [0.29, 0.717) is 61.1 Å². The maximum Gasteiger partial charge on any atom is 0.442 e. The summed E-state index contributed by atoms with van der Waals surface area (Å²) in [7, 11) is -4.87. The maximum atomic E-state index is 13.7. The lowest BCUT2D eigenvalue weighted by molar-refractivity contribution is -0.101. The van der Waals surface area contributed by atoms with Crippen molar-refractivity contribution in [2.24, 2.45) is 22.7 Å². The van der Waals surface area contributed by atoms with Gasteiger partial charge in [0.15, 0.2) is 0 Å². The molecule has 18 nitrogen and oxygen atoms in total. The van der Waals surface area contributed by atoms with E-state index in [-0.39, 0.29) is 23.9 Å². The Bertz CT molecular complexity index is 1610. The number of aromatic nitrogens is 4. The smallest absolute Gasteiger partial charge is 0.423 e. The Morgan fingerprint density at radius 1 is 0.702 bits per heavy atom. The minimum absolute atomic E-state index is 0.260. The largest absolute Gasteiger partial charge is 0.442 e. The number of fused-ring (bicyclic) bond motifs is 6. The van der Waals surface area contributed by atoms with Crippen molar-refractivity contribution in [2.75, 3.05) is 39.3 Å². The number of piperidine rings is 2. The van der Waals surface area contributed by atoms with Gasteiger partial charge in [0.1, 0.15) is 12.1 Å². The summed E-state index contributed by atoms with van der Waals surface area (Å²) in [6.07, 6.45) is 5.72. The molecule has 19 heteroatoms. The molecular weight excluding hydrogens is 636 g/mol. The molecule has 6 saturated heterocycles. The van der Waals surface area contributed by atoms with Crippen molar-refractivity contribution in [3.63, 3.8) is 0 Å². The molecule has 4 bridgehead atoms. The summed E-state index contributed by atoms with van der Waals surface area (Å²) in [5.41, 5.74) is -0.658. The molecule has 8 heterocycles. The van der Waals surface area contributed by atoms with Gasteiger partial charge in [-0.15, -0.1) is 29.0 Å². The van der Waals surface area contributed by atoms with E-state index < -0.39 is 46.6 Å². The number of hydrogen-bond acceptors (Lipinski definition) is 14. The van der Waals surface area contributed by atoms with Crippen LogP contribution in [0.3, 0.4) is 0 Å². The second kappa shape index (κ2) is 9.83. The zero-order valence-electron chi connectivity index (χ0n) is 25.6. The van der Waals surface area contributed by atoms with E-state index in [1.165, 1.54) is 9.80 Å². The first kappa shape index (κ1) is 28.6. The molecule has 8 aliphatic rings. The molecule has 4 amide bonds. The molecule has 2 aromatic rings. The molecule has 8 fully saturated rings. The highest BCUT2D eigenvalue weighted by Gasteiger charge is 2.67. The van der Waals surface area contributed by atoms with E-state index >= 15 is 0 Å². The summed E-state index contributed by atoms with van der Waals surface area (Å²) in [6.45, 7) is 4.14. The number of hydrogen-bond donors (Lipinski definition) is 2. The van der Waals surface area contributed by atoms with Crippen LogP contribution in [0.15, 0.2) is 8.83 Å². The summed E-state index contributed by atoms with van der Waals surface area (Å²) in [4.78, 5) is 30.4. The highest BCUT2D eigenvalue weighted by atomic mass is 32.3. The minimum Gasteiger partial charge on any atom is -0.423 e. The number of hydroxylamine groups is 4. The summed E-state index contributed by atoms with van der Waals surface area (Å²) < 4.78 is 49.9.